The van der Waals surface area contributed by atoms with Crippen LogP contribution in [-0.2, 0) is 0 Å². The third-order valence-corrected chi connectivity index (χ3v) is 1.17. The SMILES string of the molecule is CCCC.CCCCNN. The van der Waals surface area contributed by atoms with Gasteiger partial charge < -0.3 is 0 Å². The molecule has 0 fully saturated rings. The summed E-state index contributed by atoms with van der Waals surface area (Å²) in [7, 11) is 0. The van der Waals surface area contributed by atoms with Gasteiger partial charge in [-0.3, -0.25) is 11.3 Å². The minimum Gasteiger partial charge on any atom is -0.271 e. The molecule has 0 heterocycles. The van der Waals surface area contributed by atoms with Crippen molar-refractivity contribution in [1.29, 1.82) is 0 Å². The zero-order valence-corrected chi connectivity index (χ0v) is 7.61. The monoisotopic (exact) mass is 146 g/mol. The Labute approximate surface area is 65.2 Å². The van der Waals surface area contributed by atoms with Crippen molar-refractivity contribution in [2.75, 3.05) is 6.54 Å². The van der Waals surface area contributed by atoms with E-state index in [1.165, 1.54) is 25.7 Å². The van der Waals surface area contributed by atoms with Crippen molar-refractivity contribution >= 4 is 0 Å². The van der Waals surface area contributed by atoms with Crippen molar-refractivity contribution in [3.63, 3.8) is 0 Å². The van der Waals surface area contributed by atoms with Gasteiger partial charge in [0.15, 0.2) is 0 Å². The summed E-state index contributed by atoms with van der Waals surface area (Å²) in [5.74, 6) is 4.96. The van der Waals surface area contributed by atoms with Gasteiger partial charge in [-0.2, -0.15) is 0 Å². The molecule has 0 bridgehead atoms. The lowest BCUT2D eigenvalue weighted by Crippen LogP contribution is -2.22. The third-order valence-electron chi connectivity index (χ3n) is 1.17. The summed E-state index contributed by atoms with van der Waals surface area (Å²) in [6.07, 6.45) is 5.03. The Hall–Kier alpha value is -0.0800. The number of unbranched alkanes of at least 4 members (excludes halogenated alkanes) is 2. The Balaban J connectivity index is 0. The van der Waals surface area contributed by atoms with Crippen molar-refractivity contribution in [2.24, 2.45) is 5.84 Å². The van der Waals surface area contributed by atoms with Crippen LogP contribution in [0.15, 0.2) is 0 Å². The van der Waals surface area contributed by atoms with Gasteiger partial charge in [-0.15, -0.1) is 0 Å². The van der Waals surface area contributed by atoms with E-state index in [-0.39, 0.29) is 0 Å². The molecule has 0 unspecified atom stereocenters. The second-order valence-corrected chi connectivity index (χ2v) is 2.31. The summed E-state index contributed by atoms with van der Waals surface area (Å²) in [6, 6.07) is 0. The van der Waals surface area contributed by atoms with E-state index in [1.807, 2.05) is 0 Å². The summed E-state index contributed by atoms with van der Waals surface area (Å²) < 4.78 is 0. The highest BCUT2D eigenvalue weighted by molar-refractivity contribution is 4.33. The first kappa shape index (κ1) is 12.6. The predicted molar refractivity (Wildman–Crippen MR) is 47.7 cm³/mol. The van der Waals surface area contributed by atoms with Gasteiger partial charge in [-0.25, -0.2) is 0 Å². The van der Waals surface area contributed by atoms with E-state index in [1.54, 1.807) is 0 Å². The average Bonchev–Trinajstić information content (AvgIpc) is 2.01. The fraction of sp³-hybridized carbons (Fsp3) is 1.00. The molecule has 2 nitrogen and oxygen atoms in total. The quantitative estimate of drug-likeness (QED) is 0.362. The van der Waals surface area contributed by atoms with Gasteiger partial charge in [0.05, 0.1) is 0 Å². The van der Waals surface area contributed by atoms with E-state index in [0.29, 0.717) is 0 Å². The summed E-state index contributed by atoms with van der Waals surface area (Å²) in [4.78, 5) is 0. The van der Waals surface area contributed by atoms with Gasteiger partial charge in [0.1, 0.15) is 0 Å². The first-order valence-electron chi connectivity index (χ1n) is 4.26. The van der Waals surface area contributed by atoms with E-state index < -0.39 is 0 Å². The fourth-order valence-electron chi connectivity index (χ4n) is 0.279. The Morgan fingerprint density at radius 1 is 1.00 bits per heavy atom. The molecule has 0 aliphatic heterocycles. The number of hydrogen-bond acceptors (Lipinski definition) is 2. The Morgan fingerprint density at radius 2 is 1.50 bits per heavy atom. The Bertz CT molecular complexity index is 32.2. The molecule has 0 spiro atoms. The molecule has 64 valence electrons. The second kappa shape index (κ2) is 16.0. The highest BCUT2D eigenvalue weighted by Gasteiger charge is 1.73. The van der Waals surface area contributed by atoms with Crippen LogP contribution in [0.2, 0.25) is 0 Å². The van der Waals surface area contributed by atoms with Crippen LogP contribution in [-0.4, -0.2) is 6.54 Å². The van der Waals surface area contributed by atoms with E-state index in [9.17, 15) is 0 Å². The van der Waals surface area contributed by atoms with E-state index in [0.717, 1.165) is 6.54 Å². The molecule has 0 rings (SSSR count). The molecule has 0 aromatic rings. The van der Waals surface area contributed by atoms with Gasteiger partial charge in [0, 0.05) is 6.54 Å². The van der Waals surface area contributed by atoms with Crippen LogP contribution in [0.25, 0.3) is 0 Å². The molecular weight excluding hydrogens is 124 g/mol. The van der Waals surface area contributed by atoms with E-state index in [4.69, 9.17) is 5.84 Å². The van der Waals surface area contributed by atoms with Crippen LogP contribution in [0.4, 0.5) is 0 Å². The molecule has 0 aromatic carbocycles. The van der Waals surface area contributed by atoms with Crippen molar-refractivity contribution in [3.8, 4) is 0 Å². The number of hydrazine groups is 1. The smallest absolute Gasteiger partial charge is 0.00973 e. The van der Waals surface area contributed by atoms with E-state index >= 15 is 0 Å². The first-order chi connectivity index (χ1) is 4.83. The molecule has 10 heavy (non-hydrogen) atoms. The molecule has 0 saturated heterocycles. The number of rotatable bonds is 4. The molecule has 0 amide bonds. The van der Waals surface area contributed by atoms with Gasteiger partial charge in [-0.1, -0.05) is 40.0 Å². The van der Waals surface area contributed by atoms with Gasteiger partial charge in [-0.05, 0) is 6.42 Å². The normalized spacial score (nSPS) is 8.40. The molecule has 0 saturated carbocycles. The maximum absolute atomic E-state index is 4.96. The number of hydrogen-bond donors (Lipinski definition) is 2. The highest BCUT2D eigenvalue weighted by Crippen LogP contribution is 1.78. The third kappa shape index (κ3) is 24.7. The van der Waals surface area contributed by atoms with Crippen LogP contribution >= 0.6 is 0 Å². The molecule has 0 aliphatic rings. The van der Waals surface area contributed by atoms with Crippen LogP contribution in [0.3, 0.4) is 0 Å². The van der Waals surface area contributed by atoms with Crippen molar-refractivity contribution in [1.82, 2.24) is 5.43 Å². The lowest BCUT2D eigenvalue weighted by atomic mass is 10.3. The van der Waals surface area contributed by atoms with Crippen molar-refractivity contribution < 1.29 is 0 Å². The average molecular weight is 146 g/mol. The lowest BCUT2D eigenvalue weighted by Gasteiger charge is -1.89. The second-order valence-electron chi connectivity index (χ2n) is 2.31. The summed E-state index contributed by atoms with van der Waals surface area (Å²) in [5, 5.41) is 0. The summed E-state index contributed by atoms with van der Waals surface area (Å²) >= 11 is 0. The van der Waals surface area contributed by atoms with Crippen LogP contribution in [0.5, 0.6) is 0 Å². The topological polar surface area (TPSA) is 38.0 Å². The van der Waals surface area contributed by atoms with Crippen LogP contribution < -0.4 is 11.3 Å². The molecule has 2 heteroatoms. The van der Waals surface area contributed by atoms with Gasteiger partial charge in [0.25, 0.3) is 0 Å². The summed E-state index contributed by atoms with van der Waals surface area (Å²) in [5.41, 5.74) is 2.57. The predicted octanol–water partition coefficient (Wildman–Crippen LogP) is 2.06. The number of nitrogens with one attached hydrogen (secondary N) is 1. The molecule has 0 aromatic heterocycles. The molecule has 0 aliphatic carbocycles. The lowest BCUT2D eigenvalue weighted by molar-refractivity contribution is 0.669. The largest absolute Gasteiger partial charge is 0.271 e. The molecular formula is C8H22N2. The van der Waals surface area contributed by atoms with Gasteiger partial charge in [0.2, 0.25) is 0 Å². The standard InChI is InChI=1S/C4H12N2.C4H10/c1-2-3-4-6-5;1-3-4-2/h6H,2-5H2,1H3;3-4H2,1-2H3. The zero-order valence-electron chi connectivity index (χ0n) is 7.61. The number of nitrogens with two attached hydrogens (primary N) is 1. The molecule has 3 N–H and O–H groups in total. The Kier molecular flexibility index (Phi) is 20.1. The highest BCUT2D eigenvalue weighted by atomic mass is 15.2. The van der Waals surface area contributed by atoms with Crippen molar-refractivity contribution in [2.45, 2.75) is 46.5 Å². The maximum atomic E-state index is 4.96. The molecule has 0 radical (unpaired) electrons. The van der Waals surface area contributed by atoms with Crippen LogP contribution in [0.1, 0.15) is 46.5 Å². The summed E-state index contributed by atoms with van der Waals surface area (Å²) in [6.45, 7) is 7.44. The van der Waals surface area contributed by atoms with Gasteiger partial charge >= 0.3 is 0 Å². The zero-order chi connectivity index (χ0) is 8.24. The molecule has 0 atom stereocenters. The van der Waals surface area contributed by atoms with E-state index in [2.05, 4.69) is 26.2 Å². The maximum Gasteiger partial charge on any atom is 0.00973 e. The van der Waals surface area contributed by atoms with Crippen molar-refractivity contribution in [3.05, 3.63) is 0 Å². The minimum absolute atomic E-state index is 0.941. The Morgan fingerprint density at radius 3 is 1.60 bits per heavy atom. The fourth-order valence-corrected chi connectivity index (χ4v) is 0.279. The first-order valence-corrected chi connectivity index (χ1v) is 4.26. The minimum atomic E-state index is 0.941. The van der Waals surface area contributed by atoms with Crippen LogP contribution in [0, 0.1) is 0 Å².